The molecule has 2 heterocycles. The van der Waals surface area contributed by atoms with Crippen LogP contribution in [0.25, 0.3) is 5.82 Å². The van der Waals surface area contributed by atoms with E-state index in [9.17, 15) is 0 Å². The van der Waals surface area contributed by atoms with Crippen LogP contribution < -0.4 is 10.6 Å². The molecule has 1 atom stereocenters. The quantitative estimate of drug-likeness (QED) is 0.700. The van der Waals surface area contributed by atoms with Crippen LogP contribution in [0.4, 0.5) is 5.82 Å². The molecule has 0 fully saturated rings. The van der Waals surface area contributed by atoms with Crippen LogP contribution in [0.1, 0.15) is 51.5 Å². The Morgan fingerprint density at radius 2 is 2.33 bits per heavy atom. The first-order valence-corrected chi connectivity index (χ1v) is 9.91. The normalized spacial score (nSPS) is 19.7. The Morgan fingerprint density at radius 1 is 1.48 bits per heavy atom. The molecule has 0 saturated heterocycles. The Morgan fingerprint density at radius 3 is 3.00 bits per heavy atom. The molecule has 0 amide bonds. The topological polar surface area (TPSA) is 54.2 Å². The second-order valence-electron chi connectivity index (χ2n) is 7.33. The third-order valence-electron chi connectivity index (χ3n) is 4.94. The van der Waals surface area contributed by atoms with Gasteiger partial charge >= 0.3 is 0 Å². The minimum Gasteiger partial charge on any atom is -0.366 e. The van der Waals surface area contributed by atoms with Crippen LogP contribution in [0.3, 0.4) is 0 Å². The van der Waals surface area contributed by atoms with Gasteiger partial charge in [-0.25, -0.2) is 4.68 Å². The zero-order chi connectivity index (χ0) is 19.2. The summed E-state index contributed by atoms with van der Waals surface area (Å²) in [4.78, 5) is 4.17. The van der Waals surface area contributed by atoms with Crippen LogP contribution in [0.15, 0.2) is 52.7 Å². The van der Waals surface area contributed by atoms with Crippen molar-refractivity contribution in [3.05, 3.63) is 53.3 Å². The number of nitrogens with zero attached hydrogens (tertiary/aromatic N) is 3. The Kier molecular flexibility index (Phi) is 6.32. The summed E-state index contributed by atoms with van der Waals surface area (Å²) in [6.07, 6.45) is 18.2. The summed E-state index contributed by atoms with van der Waals surface area (Å²) in [6, 6.07) is 0.192. The van der Waals surface area contributed by atoms with E-state index >= 15 is 0 Å². The minimum absolute atomic E-state index is 0.192. The van der Waals surface area contributed by atoms with Crippen molar-refractivity contribution in [3.8, 4) is 0 Å². The smallest absolute Gasteiger partial charge is 0.135 e. The molecule has 2 aliphatic rings. The number of aliphatic imine (C=N–C) groups is 1. The summed E-state index contributed by atoms with van der Waals surface area (Å²) < 4.78 is 2.00. The number of nitrogens with one attached hydrogen (secondary N) is 2. The fourth-order valence-electron chi connectivity index (χ4n) is 3.53. The van der Waals surface area contributed by atoms with E-state index in [1.165, 1.54) is 16.7 Å². The Labute approximate surface area is 162 Å². The molecule has 1 unspecified atom stereocenters. The third-order valence-corrected chi connectivity index (χ3v) is 4.94. The largest absolute Gasteiger partial charge is 0.366 e. The average Bonchev–Trinajstić information content (AvgIpc) is 3.11. The summed E-state index contributed by atoms with van der Waals surface area (Å²) in [5.41, 5.74) is 3.85. The van der Waals surface area contributed by atoms with Crippen molar-refractivity contribution in [1.29, 1.82) is 0 Å². The number of hydrogen-bond donors (Lipinski definition) is 2. The Bertz CT molecular complexity index is 805. The highest BCUT2D eigenvalue weighted by atomic mass is 15.4. The number of anilines is 1. The van der Waals surface area contributed by atoms with E-state index in [-0.39, 0.29) is 6.04 Å². The molecule has 0 radical (unpaired) electrons. The van der Waals surface area contributed by atoms with E-state index in [1.54, 1.807) is 0 Å². The first kappa shape index (κ1) is 19.2. The number of aromatic nitrogens is 2. The van der Waals surface area contributed by atoms with E-state index in [0.717, 1.165) is 37.4 Å². The monoisotopic (exact) mass is 365 g/mol. The van der Waals surface area contributed by atoms with Crippen LogP contribution in [0, 0.1) is 0 Å². The molecule has 2 N–H and O–H groups in total. The van der Waals surface area contributed by atoms with Crippen molar-refractivity contribution in [1.82, 2.24) is 15.1 Å². The zero-order valence-corrected chi connectivity index (χ0v) is 16.9. The summed E-state index contributed by atoms with van der Waals surface area (Å²) in [5, 5.41) is 11.9. The van der Waals surface area contributed by atoms with Gasteiger partial charge in [-0.2, -0.15) is 5.10 Å². The molecule has 0 saturated carbocycles. The first-order valence-electron chi connectivity index (χ1n) is 9.91. The highest BCUT2D eigenvalue weighted by molar-refractivity contribution is 5.79. The lowest BCUT2D eigenvalue weighted by molar-refractivity contribution is 0.754. The maximum absolute atomic E-state index is 4.65. The van der Waals surface area contributed by atoms with Gasteiger partial charge in [0, 0.05) is 25.4 Å². The lowest BCUT2D eigenvalue weighted by Gasteiger charge is -2.29. The fraction of sp³-hybridized carbons (Fsp3) is 0.455. The van der Waals surface area contributed by atoms with Crippen LogP contribution in [0.5, 0.6) is 0 Å². The SMILES string of the molecule is CC/C=C(\C=NC)CNC1=CC(C2=CC=CCC2)Nc2c(C(C)C)cnn21. The molecule has 1 aliphatic carbocycles. The number of fused-ring (bicyclic) bond motifs is 1. The van der Waals surface area contributed by atoms with Gasteiger partial charge in [0.2, 0.25) is 0 Å². The van der Waals surface area contributed by atoms with Crippen LogP contribution in [-0.2, 0) is 0 Å². The molecule has 0 aromatic carbocycles. The van der Waals surface area contributed by atoms with E-state index in [4.69, 9.17) is 0 Å². The van der Waals surface area contributed by atoms with Gasteiger partial charge in [-0.05, 0) is 42.4 Å². The summed E-state index contributed by atoms with van der Waals surface area (Å²) >= 11 is 0. The second-order valence-corrected chi connectivity index (χ2v) is 7.33. The van der Waals surface area contributed by atoms with E-state index < -0.39 is 0 Å². The van der Waals surface area contributed by atoms with Gasteiger partial charge in [-0.1, -0.05) is 45.1 Å². The van der Waals surface area contributed by atoms with Gasteiger partial charge in [0.25, 0.3) is 0 Å². The van der Waals surface area contributed by atoms with Crippen molar-refractivity contribution in [2.45, 2.75) is 52.0 Å². The molecule has 5 nitrogen and oxygen atoms in total. The molecule has 1 aromatic rings. The van der Waals surface area contributed by atoms with Gasteiger partial charge in [0.15, 0.2) is 0 Å². The molecule has 0 bridgehead atoms. The van der Waals surface area contributed by atoms with E-state index in [0.29, 0.717) is 5.92 Å². The highest BCUT2D eigenvalue weighted by Crippen LogP contribution is 2.32. The van der Waals surface area contributed by atoms with Crippen molar-refractivity contribution in [2.75, 3.05) is 18.9 Å². The Hall–Kier alpha value is -2.56. The summed E-state index contributed by atoms with van der Waals surface area (Å²) in [6.45, 7) is 7.30. The molecule has 1 aromatic heterocycles. The van der Waals surface area contributed by atoms with Gasteiger partial charge in [-0.3, -0.25) is 4.99 Å². The molecule has 1 aliphatic heterocycles. The zero-order valence-electron chi connectivity index (χ0n) is 16.9. The van der Waals surface area contributed by atoms with E-state index in [2.05, 4.69) is 71.9 Å². The molecular weight excluding hydrogens is 334 g/mol. The standard InChI is InChI=1S/C22H31N5/c1-5-9-17(13-23-4)14-24-21-12-20(18-10-7-6-8-11-18)26-22-19(16(2)3)15-25-27(21)22/h6-7,9-10,12-13,15-16,20,24,26H,5,8,11,14H2,1-4H3/b17-9+,23-13?. The first-order chi connectivity index (χ1) is 13.1. The lowest BCUT2D eigenvalue weighted by atomic mass is 9.96. The molecule has 27 heavy (non-hydrogen) atoms. The summed E-state index contributed by atoms with van der Waals surface area (Å²) in [7, 11) is 1.81. The van der Waals surface area contributed by atoms with Crippen molar-refractivity contribution >= 4 is 17.9 Å². The third kappa shape index (κ3) is 4.41. The molecule has 144 valence electrons. The number of allylic oxidation sites excluding steroid dienone is 4. The van der Waals surface area contributed by atoms with Gasteiger partial charge in [0.1, 0.15) is 11.6 Å². The molecule has 3 rings (SSSR count). The van der Waals surface area contributed by atoms with Crippen molar-refractivity contribution in [2.24, 2.45) is 4.99 Å². The maximum Gasteiger partial charge on any atom is 0.135 e. The van der Waals surface area contributed by atoms with Gasteiger partial charge in [0.05, 0.1) is 12.2 Å². The van der Waals surface area contributed by atoms with Gasteiger partial charge in [-0.15, -0.1) is 0 Å². The van der Waals surface area contributed by atoms with Crippen LogP contribution >= 0.6 is 0 Å². The fourth-order valence-corrected chi connectivity index (χ4v) is 3.53. The summed E-state index contributed by atoms with van der Waals surface area (Å²) in [5.74, 6) is 2.55. The Balaban J connectivity index is 1.90. The lowest BCUT2D eigenvalue weighted by Crippen LogP contribution is -2.33. The van der Waals surface area contributed by atoms with Crippen LogP contribution in [-0.4, -0.2) is 35.6 Å². The minimum atomic E-state index is 0.192. The maximum atomic E-state index is 4.65. The van der Waals surface area contributed by atoms with Gasteiger partial charge < -0.3 is 10.6 Å². The predicted molar refractivity (Wildman–Crippen MR) is 115 cm³/mol. The number of hydrogen-bond acceptors (Lipinski definition) is 4. The van der Waals surface area contributed by atoms with Crippen molar-refractivity contribution < 1.29 is 0 Å². The predicted octanol–water partition coefficient (Wildman–Crippen LogP) is 4.50. The molecule has 0 spiro atoms. The van der Waals surface area contributed by atoms with E-state index in [1.807, 2.05) is 24.1 Å². The second kappa shape index (κ2) is 8.89. The number of rotatable bonds is 7. The van der Waals surface area contributed by atoms with Crippen molar-refractivity contribution in [3.63, 3.8) is 0 Å². The van der Waals surface area contributed by atoms with Crippen LogP contribution in [0.2, 0.25) is 0 Å². The highest BCUT2D eigenvalue weighted by Gasteiger charge is 2.25. The molecular formula is C22H31N5. The molecule has 5 heteroatoms. The average molecular weight is 366 g/mol.